The average Bonchev–Trinajstić information content (AvgIpc) is 2.48. The van der Waals surface area contributed by atoms with E-state index in [-0.39, 0.29) is 0 Å². The molecule has 4 nitrogen and oxygen atoms in total. The molecule has 18 heavy (non-hydrogen) atoms. The van der Waals surface area contributed by atoms with Crippen LogP contribution >= 0.6 is 0 Å². The van der Waals surface area contributed by atoms with E-state index in [1.54, 1.807) is 0 Å². The van der Waals surface area contributed by atoms with Crippen molar-refractivity contribution in [3.8, 4) is 11.5 Å². The van der Waals surface area contributed by atoms with Crippen LogP contribution in [-0.2, 0) is 22.3 Å². The van der Waals surface area contributed by atoms with Crippen LogP contribution in [0.5, 0.6) is 11.5 Å². The number of hydrogen-bond acceptors (Lipinski definition) is 4. The Labute approximate surface area is 107 Å². The number of benzene rings is 1. The van der Waals surface area contributed by atoms with Gasteiger partial charge in [-0.2, -0.15) is 0 Å². The van der Waals surface area contributed by atoms with Crippen molar-refractivity contribution >= 4 is 0 Å². The number of ether oxygens (including phenoxy) is 4. The van der Waals surface area contributed by atoms with Gasteiger partial charge in [-0.05, 0) is 24.5 Å². The van der Waals surface area contributed by atoms with E-state index in [1.165, 1.54) is 11.1 Å². The molecule has 1 aromatic carbocycles. The fraction of sp³-hybridized carbons (Fsp3) is 0.571. The Bertz CT molecular complexity index is 378. The lowest BCUT2D eigenvalue weighted by Crippen LogP contribution is -2.08. The first-order valence-corrected chi connectivity index (χ1v) is 6.51. The summed E-state index contributed by atoms with van der Waals surface area (Å²) in [6.07, 6.45) is 1.80. The summed E-state index contributed by atoms with van der Waals surface area (Å²) in [5.41, 5.74) is 2.50. The van der Waals surface area contributed by atoms with Crippen LogP contribution in [0.1, 0.15) is 11.1 Å². The van der Waals surface area contributed by atoms with Crippen LogP contribution in [0.15, 0.2) is 12.1 Å². The maximum Gasteiger partial charge on any atom is 0.164 e. The summed E-state index contributed by atoms with van der Waals surface area (Å²) in [5, 5.41) is 0. The second-order valence-electron chi connectivity index (χ2n) is 4.45. The van der Waals surface area contributed by atoms with Crippen molar-refractivity contribution in [2.45, 2.75) is 12.8 Å². The van der Waals surface area contributed by atoms with Gasteiger partial charge in [-0.3, -0.25) is 0 Å². The second kappa shape index (κ2) is 5.59. The molecule has 3 rings (SSSR count). The zero-order valence-electron chi connectivity index (χ0n) is 10.4. The molecule has 0 amide bonds. The molecule has 0 unspecified atom stereocenters. The van der Waals surface area contributed by atoms with Gasteiger partial charge in [-0.15, -0.1) is 0 Å². The van der Waals surface area contributed by atoms with E-state index in [2.05, 4.69) is 6.07 Å². The third kappa shape index (κ3) is 2.44. The van der Waals surface area contributed by atoms with E-state index in [0.717, 1.165) is 37.6 Å². The molecule has 0 saturated carbocycles. The van der Waals surface area contributed by atoms with Crippen LogP contribution in [0.3, 0.4) is 0 Å². The highest BCUT2D eigenvalue weighted by Crippen LogP contribution is 2.35. The van der Waals surface area contributed by atoms with Crippen molar-refractivity contribution in [2.75, 3.05) is 39.6 Å². The van der Waals surface area contributed by atoms with Crippen LogP contribution in [0, 0.1) is 0 Å². The minimum absolute atomic E-state index is 0.575. The monoisotopic (exact) mass is 250 g/mol. The maximum absolute atomic E-state index is 5.86. The van der Waals surface area contributed by atoms with Gasteiger partial charge in [0.2, 0.25) is 0 Å². The molecule has 2 heterocycles. The van der Waals surface area contributed by atoms with Gasteiger partial charge in [0.1, 0.15) is 13.2 Å². The van der Waals surface area contributed by atoms with Gasteiger partial charge in [0.05, 0.1) is 26.4 Å². The van der Waals surface area contributed by atoms with Crippen LogP contribution in [0.2, 0.25) is 0 Å². The first kappa shape index (κ1) is 11.8. The van der Waals surface area contributed by atoms with Crippen LogP contribution < -0.4 is 9.47 Å². The van der Waals surface area contributed by atoms with E-state index in [0.29, 0.717) is 26.4 Å². The summed E-state index contributed by atoms with van der Waals surface area (Å²) in [4.78, 5) is 0. The quantitative estimate of drug-likeness (QED) is 0.700. The maximum atomic E-state index is 5.86. The summed E-state index contributed by atoms with van der Waals surface area (Å²) in [7, 11) is 0. The van der Waals surface area contributed by atoms with Crippen molar-refractivity contribution in [3.63, 3.8) is 0 Å². The van der Waals surface area contributed by atoms with Gasteiger partial charge in [0.15, 0.2) is 11.5 Å². The largest absolute Gasteiger partial charge is 0.487 e. The molecule has 4 heteroatoms. The summed E-state index contributed by atoms with van der Waals surface area (Å²) >= 11 is 0. The molecule has 0 N–H and O–H groups in total. The smallest absolute Gasteiger partial charge is 0.164 e. The van der Waals surface area contributed by atoms with Gasteiger partial charge in [-0.25, -0.2) is 0 Å². The number of rotatable bonds is 0. The zero-order chi connectivity index (χ0) is 12.2. The van der Waals surface area contributed by atoms with Crippen molar-refractivity contribution in [3.05, 3.63) is 23.3 Å². The molecular weight excluding hydrogens is 232 g/mol. The molecule has 0 saturated heterocycles. The zero-order valence-corrected chi connectivity index (χ0v) is 10.4. The minimum Gasteiger partial charge on any atom is -0.487 e. The molecule has 2 aliphatic rings. The van der Waals surface area contributed by atoms with Crippen molar-refractivity contribution in [1.29, 1.82) is 0 Å². The summed E-state index contributed by atoms with van der Waals surface area (Å²) in [5.74, 6) is 1.73. The highest BCUT2D eigenvalue weighted by Gasteiger charge is 2.18. The third-order valence-corrected chi connectivity index (χ3v) is 3.29. The van der Waals surface area contributed by atoms with Crippen LogP contribution in [0.4, 0.5) is 0 Å². The molecule has 0 spiro atoms. The second-order valence-corrected chi connectivity index (χ2v) is 4.45. The van der Waals surface area contributed by atoms with Crippen molar-refractivity contribution < 1.29 is 18.9 Å². The molecule has 1 aromatic rings. The third-order valence-electron chi connectivity index (χ3n) is 3.29. The van der Waals surface area contributed by atoms with Gasteiger partial charge < -0.3 is 18.9 Å². The fourth-order valence-corrected chi connectivity index (χ4v) is 2.40. The van der Waals surface area contributed by atoms with E-state index < -0.39 is 0 Å². The highest BCUT2D eigenvalue weighted by atomic mass is 16.6. The van der Waals surface area contributed by atoms with Gasteiger partial charge in [0, 0.05) is 5.56 Å². The van der Waals surface area contributed by atoms with Gasteiger partial charge in [0.25, 0.3) is 0 Å². The highest BCUT2D eigenvalue weighted by molar-refractivity contribution is 5.51. The molecule has 4 bridgehead atoms. The van der Waals surface area contributed by atoms with Crippen molar-refractivity contribution in [1.82, 2.24) is 0 Å². The predicted molar refractivity (Wildman–Crippen MR) is 66.5 cm³/mol. The molecule has 2 aliphatic heterocycles. The van der Waals surface area contributed by atoms with Crippen LogP contribution in [0.25, 0.3) is 0 Å². The molecular formula is C14H18O4. The Morgan fingerprint density at radius 2 is 1.50 bits per heavy atom. The Morgan fingerprint density at radius 1 is 0.722 bits per heavy atom. The molecule has 0 radical (unpaired) electrons. The summed E-state index contributed by atoms with van der Waals surface area (Å²) in [6, 6.07) is 4.13. The Hall–Kier alpha value is -1.26. The lowest BCUT2D eigenvalue weighted by Gasteiger charge is -2.16. The van der Waals surface area contributed by atoms with E-state index >= 15 is 0 Å². The predicted octanol–water partition coefficient (Wildman–Crippen LogP) is 1.59. The Morgan fingerprint density at radius 3 is 2.39 bits per heavy atom. The van der Waals surface area contributed by atoms with E-state index in [4.69, 9.17) is 18.9 Å². The summed E-state index contributed by atoms with van der Waals surface area (Å²) in [6.45, 7) is 3.89. The van der Waals surface area contributed by atoms with E-state index in [1.807, 2.05) is 6.07 Å². The average molecular weight is 250 g/mol. The van der Waals surface area contributed by atoms with Gasteiger partial charge in [-0.1, -0.05) is 6.07 Å². The Balaban J connectivity index is 2.02. The van der Waals surface area contributed by atoms with Crippen molar-refractivity contribution in [2.24, 2.45) is 0 Å². The standard InChI is InChI=1S/C14H18O4/c1-2-13-14-12(4-6-16-7-9-17-13)11(1)3-5-15-8-10-18-14/h1-2H,3-10H2. The van der Waals surface area contributed by atoms with Crippen LogP contribution in [-0.4, -0.2) is 39.6 Å². The first-order chi connectivity index (χ1) is 8.95. The lowest BCUT2D eigenvalue weighted by atomic mass is 10.0. The van der Waals surface area contributed by atoms with Gasteiger partial charge >= 0.3 is 0 Å². The SMILES string of the molecule is c1cc2c3c(c1CCOCCO3)CCOCCO2. The fourth-order valence-electron chi connectivity index (χ4n) is 2.40. The molecule has 0 atom stereocenters. The normalized spacial score (nSPS) is 20.0. The molecule has 98 valence electrons. The summed E-state index contributed by atoms with van der Waals surface area (Å²) < 4.78 is 22.6. The molecule has 0 aromatic heterocycles. The molecule has 0 fully saturated rings. The molecule has 0 aliphatic carbocycles. The first-order valence-electron chi connectivity index (χ1n) is 6.51. The van der Waals surface area contributed by atoms with E-state index in [9.17, 15) is 0 Å². The number of hydrogen-bond donors (Lipinski definition) is 0. The topological polar surface area (TPSA) is 36.9 Å². The minimum atomic E-state index is 0.575. The Kier molecular flexibility index (Phi) is 3.67. The lowest BCUT2D eigenvalue weighted by molar-refractivity contribution is 0.0985.